The first-order valence-corrected chi connectivity index (χ1v) is 21.0. The van der Waals surface area contributed by atoms with E-state index >= 15 is 0 Å². The van der Waals surface area contributed by atoms with Crippen LogP contribution in [0.1, 0.15) is 239 Å². The maximum Gasteiger partial charge on any atom is 0.101 e. The Morgan fingerprint density at radius 3 is 0.795 bits per heavy atom. The summed E-state index contributed by atoms with van der Waals surface area (Å²) in [6.45, 7) is 9.48. The molecule has 2 nitrogen and oxygen atoms in total. The van der Waals surface area contributed by atoms with Gasteiger partial charge in [-0.2, -0.15) is 0 Å². The zero-order valence-electron chi connectivity index (χ0n) is 31.1. The molecule has 1 aliphatic heterocycles. The van der Waals surface area contributed by atoms with Gasteiger partial charge in [-0.1, -0.05) is 213 Å². The van der Waals surface area contributed by atoms with Crippen molar-refractivity contribution >= 4 is 0 Å². The molecule has 44 heavy (non-hydrogen) atoms. The zero-order chi connectivity index (χ0) is 31.6. The molecule has 0 saturated heterocycles. The quantitative estimate of drug-likeness (QED) is 0.0646. The average molecular weight is 617 g/mol. The molecule has 0 aromatic rings. The van der Waals surface area contributed by atoms with Gasteiger partial charge < -0.3 is 9.80 Å². The average Bonchev–Trinajstić information content (AvgIpc) is 3.42. The summed E-state index contributed by atoms with van der Waals surface area (Å²) in [5, 5.41) is 0. The molecule has 0 N–H and O–H groups in total. The van der Waals surface area contributed by atoms with E-state index in [0.717, 1.165) is 0 Å². The minimum Gasteiger partial charge on any atom is -0.356 e. The summed E-state index contributed by atoms with van der Waals surface area (Å²) in [5.74, 6) is 0. The van der Waals surface area contributed by atoms with Gasteiger partial charge in [0.25, 0.3) is 0 Å². The Balaban J connectivity index is 2.18. The largest absolute Gasteiger partial charge is 0.356 e. The second kappa shape index (κ2) is 33.7. The molecular weight excluding hydrogens is 532 g/mol. The van der Waals surface area contributed by atoms with Crippen molar-refractivity contribution in [3.05, 3.63) is 12.4 Å². The SMILES string of the molecule is CCCCCCCCCCCCCCCCN1C=CN(CCCCCCCCC)C1CCCCCCCCCCCCCC. The fraction of sp³-hybridized carbons (Fsp3) is 0.952. The molecule has 0 radical (unpaired) electrons. The zero-order valence-corrected chi connectivity index (χ0v) is 31.1. The third-order valence-electron chi connectivity index (χ3n) is 10.3. The van der Waals surface area contributed by atoms with Gasteiger partial charge in [-0.05, 0) is 25.7 Å². The van der Waals surface area contributed by atoms with Crippen LogP contribution in [-0.4, -0.2) is 29.1 Å². The van der Waals surface area contributed by atoms with Gasteiger partial charge in [0.2, 0.25) is 0 Å². The number of unbranched alkanes of at least 4 members (excludes halogenated alkanes) is 30. The van der Waals surface area contributed by atoms with Crippen molar-refractivity contribution < 1.29 is 0 Å². The van der Waals surface area contributed by atoms with Crippen molar-refractivity contribution in [3.8, 4) is 0 Å². The fourth-order valence-electron chi connectivity index (χ4n) is 7.25. The summed E-state index contributed by atoms with van der Waals surface area (Å²) in [6.07, 6.45) is 54.4. The highest BCUT2D eigenvalue weighted by Crippen LogP contribution is 2.24. The van der Waals surface area contributed by atoms with Crippen LogP contribution in [0.2, 0.25) is 0 Å². The number of hydrogen-bond donors (Lipinski definition) is 0. The van der Waals surface area contributed by atoms with Crippen molar-refractivity contribution in [2.24, 2.45) is 0 Å². The van der Waals surface area contributed by atoms with Crippen LogP contribution < -0.4 is 0 Å². The third kappa shape index (κ3) is 25.5. The smallest absolute Gasteiger partial charge is 0.101 e. The number of rotatable bonds is 36. The van der Waals surface area contributed by atoms with Gasteiger partial charge in [0.05, 0.1) is 0 Å². The Morgan fingerprint density at radius 2 is 0.523 bits per heavy atom. The molecule has 1 unspecified atom stereocenters. The van der Waals surface area contributed by atoms with E-state index in [2.05, 4.69) is 43.0 Å². The summed E-state index contributed by atoms with van der Waals surface area (Å²) in [6, 6.07) is 0. The van der Waals surface area contributed by atoms with Crippen LogP contribution in [0.4, 0.5) is 0 Å². The second-order valence-corrected chi connectivity index (χ2v) is 14.6. The van der Waals surface area contributed by atoms with Crippen molar-refractivity contribution in [2.45, 2.75) is 245 Å². The lowest BCUT2D eigenvalue weighted by Crippen LogP contribution is -2.39. The van der Waals surface area contributed by atoms with Crippen molar-refractivity contribution in [1.82, 2.24) is 9.80 Å². The van der Waals surface area contributed by atoms with Crippen molar-refractivity contribution in [2.75, 3.05) is 13.1 Å². The molecule has 0 saturated carbocycles. The first-order valence-electron chi connectivity index (χ1n) is 21.0. The van der Waals surface area contributed by atoms with Gasteiger partial charge in [-0.25, -0.2) is 0 Å². The molecule has 0 aromatic carbocycles. The molecule has 0 aromatic heterocycles. The summed E-state index contributed by atoms with van der Waals surface area (Å²) < 4.78 is 0. The predicted molar refractivity (Wildman–Crippen MR) is 200 cm³/mol. The summed E-state index contributed by atoms with van der Waals surface area (Å²) in [5.41, 5.74) is 0. The Bertz CT molecular complexity index is 572. The van der Waals surface area contributed by atoms with E-state index in [9.17, 15) is 0 Å². The van der Waals surface area contributed by atoms with E-state index in [1.54, 1.807) is 0 Å². The highest BCUT2D eigenvalue weighted by molar-refractivity contribution is 4.97. The van der Waals surface area contributed by atoms with E-state index in [1.807, 2.05) is 0 Å². The van der Waals surface area contributed by atoms with Crippen LogP contribution in [0.5, 0.6) is 0 Å². The van der Waals surface area contributed by atoms with E-state index in [-0.39, 0.29) is 0 Å². The summed E-state index contributed by atoms with van der Waals surface area (Å²) >= 11 is 0. The van der Waals surface area contributed by atoms with Crippen LogP contribution in [0.3, 0.4) is 0 Å². The van der Waals surface area contributed by atoms with Crippen molar-refractivity contribution in [1.29, 1.82) is 0 Å². The molecule has 0 spiro atoms. The maximum absolute atomic E-state index is 2.72. The van der Waals surface area contributed by atoms with Crippen LogP contribution in [0.15, 0.2) is 12.4 Å². The minimum absolute atomic E-state index is 0.639. The van der Waals surface area contributed by atoms with Gasteiger partial charge in [0.15, 0.2) is 0 Å². The van der Waals surface area contributed by atoms with E-state index in [4.69, 9.17) is 0 Å². The van der Waals surface area contributed by atoms with Crippen LogP contribution in [0, 0.1) is 0 Å². The highest BCUT2D eigenvalue weighted by atomic mass is 15.4. The van der Waals surface area contributed by atoms with Gasteiger partial charge in [0.1, 0.15) is 6.17 Å². The Hall–Kier alpha value is -0.660. The standard InChI is InChI=1S/C42H84N2/c1-4-7-10-13-16-18-20-22-23-25-27-30-33-36-39-44-41-40-43(38-35-32-29-15-12-9-6-3)42(44)37-34-31-28-26-24-21-19-17-14-11-8-5-2/h40-42H,4-39H2,1-3H3. The van der Waals surface area contributed by atoms with Crippen LogP contribution in [-0.2, 0) is 0 Å². The van der Waals surface area contributed by atoms with Crippen LogP contribution >= 0.6 is 0 Å². The van der Waals surface area contributed by atoms with Crippen LogP contribution in [0.25, 0.3) is 0 Å². The van der Waals surface area contributed by atoms with Gasteiger partial charge in [-0.15, -0.1) is 0 Å². The Kier molecular flexibility index (Phi) is 31.7. The lowest BCUT2D eigenvalue weighted by atomic mass is 10.0. The van der Waals surface area contributed by atoms with E-state index in [0.29, 0.717) is 6.17 Å². The molecular formula is C42H84N2. The van der Waals surface area contributed by atoms with E-state index < -0.39 is 0 Å². The topological polar surface area (TPSA) is 6.48 Å². The molecule has 262 valence electrons. The summed E-state index contributed by atoms with van der Waals surface area (Å²) in [4.78, 5) is 5.44. The molecule has 0 aliphatic carbocycles. The van der Waals surface area contributed by atoms with Gasteiger partial charge in [0, 0.05) is 25.5 Å². The fourth-order valence-corrected chi connectivity index (χ4v) is 7.25. The normalized spacial score (nSPS) is 14.8. The lowest BCUT2D eigenvalue weighted by molar-refractivity contribution is 0.135. The monoisotopic (exact) mass is 617 g/mol. The number of nitrogens with zero attached hydrogens (tertiary/aromatic N) is 2. The molecule has 0 bridgehead atoms. The first kappa shape index (κ1) is 41.4. The molecule has 1 atom stereocenters. The van der Waals surface area contributed by atoms with Gasteiger partial charge in [-0.3, -0.25) is 0 Å². The summed E-state index contributed by atoms with van der Waals surface area (Å²) in [7, 11) is 0. The molecule has 0 amide bonds. The van der Waals surface area contributed by atoms with E-state index in [1.165, 1.54) is 231 Å². The minimum atomic E-state index is 0.639. The maximum atomic E-state index is 2.72. The molecule has 1 aliphatic rings. The Labute approximate surface area is 280 Å². The highest BCUT2D eigenvalue weighted by Gasteiger charge is 2.24. The first-order chi connectivity index (χ1) is 21.8. The second-order valence-electron chi connectivity index (χ2n) is 14.6. The molecule has 1 heterocycles. The molecule has 1 rings (SSSR count). The Morgan fingerprint density at radius 1 is 0.295 bits per heavy atom. The molecule has 0 fully saturated rings. The molecule has 2 heteroatoms. The predicted octanol–water partition coefficient (Wildman–Crippen LogP) is 14.7. The third-order valence-corrected chi connectivity index (χ3v) is 10.3. The van der Waals surface area contributed by atoms with Gasteiger partial charge >= 0.3 is 0 Å². The van der Waals surface area contributed by atoms with Crippen molar-refractivity contribution in [3.63, 3.8) is 0 Å². The lowest BCUT2D eigenvalue weighted by Gasteiger charge is -2.33. The number of hydrogen-bond acceptors (Lipinski definition) is 2.